The van der Waals surface area contributed by atoms with E-state index < -0.39 is 11.2 Å². The normalized spacial score (nSPS) is 20.1. The number of benzene rings is 2. The molecule has 1 saturated heterocycles. The van der Waals surface area contributed by atoms with Gasteiger partial charge in [-0.2, -0.15) is 0 Å². The molecule has 2 aromatic carbocycles. The molecule has 0 aliphatic carbocycles. The molecule has 3 heterocycles. The summed E-state index contributed by atoms with van der Waals surface area (Å²) in [5, 5.41) is 7.86. The molecule has 0 bridgehead atoms. The number of urea groups is 1. The van der Waals surface area contributed by atoms with Gasteiger partial charge in [0.05, 0.1) is 20.5 Å². The Bertz CT molecular complexity index is 1410. The molecule has 1 fully saturated rings. The maximum atomic E-state index is 14.8. The summed E-state index contributed by atoms with van der Waals surface area (Å²) in [6, 6.07) is 11.8. The highest BCUT2D eigenvalue weighted by Gasteiger charge is 2.58. The molecule has 10 heteroatoms. The zero-order chi connectivity index (χ0) is 26.9. The van der Waals surface area contributed by atoms with Crippen molar-refractivity contribution in [2.45, 2.75) is 24.8 Å². The van der Waals surface area contributed by atoms with Gasteiger partial charge in [-0.1, -0.05) is 58.5 Å². The van der Waals surface area contributed by atoms with Crippen LogP contribution in [-0.2, 0) is 12.0 Å². The molecule has 5 rings (SSSR count). The Labute approximate surface area is 241 Å². The van der Waals surface area contributed by atoms with E-state index in [-0.39, 0.29) is 22.1 Å². The number of halogens is 5. The fraction of sp³-hybridized carbons (Fsp3) is 0.286. The molecule has 0 saturated carbocycles. The summed E-state index contributed by atoms with van der Waals surface area (Å²) in [6.07, 6.45) is 6.98. The molecule has 0 radical (unpaired) electrons. The molecule has 1 aromatic heterocycles. The molecule has 2 aliphatic heterocycles. The minimum absolute atomic E-state index is 0.0357. The molecular weight excluding hydrogens is 569 g/mol. The number of quaternary nitrogens is 1. The van der Waals surface area contributed by atoms with Crippen LogP contribution >= 0.6 is 46.4 Å². The number of carbonyl (C=O) groups is 1. The summed E-state index contributed by atoms with van der Waals surface area (Å²) < 4.78 is 14.8. The number of hydrogen-bond acceptors (Lipinski definition) is 3. The fourth-order valence-electron chi connectivity index (χ4n) is 5.69. The average molecular weight is 595 g/mol. The van der Waals surface area contributed by atoms with Gasteiger partial charge >= 0.3 is 6.03 Å². The number of aromatic nitrogens is 1. The van der Waals surface area contributed by atoms with Gasteiger partial charge in [-0.05, 0) is 73.5 Å². The summed E-state index contributed by atoms with van der Waals surface area (Å²) in [5.41, 5.74) is 2.73. The van der Waals surface area contributed by atoms with Crippen LogP contribution in [-0.4, -0.2) is 37.2 Å². The quantitative estimate of drug-likeness (QED) is 0.239. The SMILES string of the molecule is O=C(NCc1ccnc(Cl)c1)[N+]1(C/C=C/c2ccc(Cl)c(Cl)c2)CC2(CCNCC2)c2c1ccc(F)c2Cl. The van der Waals surface area contributed by atoms with Crippen LogP contribution in [0, 0.1) is 5.82 Å². The van der Waals surface area contributed by atoms with Crippen molar-refractivity contribution >= 4 is 64.2 Å². The Morgan fingerprint density at radius 2 is 1.87 bits per heavy atom. The van der Waals surface area contributed by atoms with Crippen LogP contribution in [0.3, 0.4) is 0 Å². The Hall–Kier alpha value is -2.19. The van der Waals surface area contributed by atoms with Crippen molar-refractivity contribution in [2.75, 3.05) is 26.2 Å². The molecule has 38 heavy (non-hydrogen) atoms. The second-order valence-electron chi connectivity index (χ2n) is 9.82. The van der Waals surface area contributed by atoms with Gasteiger partial charge in [-0.3, -0.25) is 0 Å². The second-order valence-corrected chi connectivity index (χ2v) is 11.4. The summed E-state index contributed by atoms with van der Waals surface area (Å²) in [7, 11) is 0. The second kappa shape index (κ2) is 11.1. The number of pyridine rings is 1. The van der Waals surface area contributed by atoms with E-state index in [0.29, 0.717) is 28.3 Å². The van der Waals surface area contributed by atoms with E-state index >= 15 is 0 Å². The van der Waals surface area contributed by atoms with Crippen LogP contribution < -0.4 is 15.1 Å². The zero-order valence-corrected chi connectivity index (χ0v) is 23.4. The number of nitrogens with one attached hydrogen (secondary N) is 2. The van der Waals surface area contributed by atoms with Crippen molar-refractivity contribution in [3.05, 3.63) is 97.5 Å². The lowest BCUT2D eigenvalue weighted by molar-refractivity contribution is 0.189. The van der Waals surface area contributed by atoms with Gasteiger partial charge in [0.15, 0.2) is 0 Å². The maximum Gasteiger partial charge on any atom is 0.422 e. The predicted molar refractivity (Wildman–Crippen MR) is 154 cm³/mol. The number of rotatable bonds is 5. The van der Waals surface area contributed by atoms with E-state index in [9.17, 15) is 9.18 Å². The summed E-state index contributed by atoms with van der Waals surface area (Å²) in [6.45, 7) is 2.62. The van der Waals surface area contributed by atoms with E-state index in [1.54, 1.807) is 36.5 Å². The number of amides is 2. The largest absolute Gasteiger partial charge is 0.422 e. The summed E-state index contributed by atoms with van der Waals surface area (Å²) >= 11 is 25.0. The topological polar surface area (TPSA) is 54.0 Å². The van der Waals surface area contributed by atoms with Gasteiger partial charge in [0.2, 0.25) is 0 Å². The highest BCUT2D eigenvalue weighted by Crippen LogP contribution is 2.53. The molecule has 2 aliphatic rings. The Morgan fingerprint density at radius 3 is 2.61 bits per heavy atom. The highest BCUT2D eigenvalue weighted by molar-refractivity contribution is 6.42. The van der Waals surface area contributed by atoms with Crippen LogP contribution in [0.5, 0.6) is 0 Å². The first-order chi connectivity index (χ1) is 18.2. The van der Waals surface area contributed by atoms with Crippen molar-refractivity contribution < 1.29 is 9.18 Å². The van der Waals surface area contributed by atoms with Crippen LogP contribution in [0.2, 0.25) is 20.2 Å². The Balaban J connectivity index is 1.55. The monoisotopic (exact) mass is 593 g/mol. The molecule has 3 aromatic rings. The van der Waals surface area contributed by atoms with Gasteiger partial charge in [-0.25, -0.2) is 18.7 Å². The Morgan fingerprint density at radius 1 is 1.08 bits per heavy atom. The van der Waals surface area contributed by atoms with Crippen LogP contribution in [0.1, 0.15) is 29.5 Å². The summed E-state index contributed by atoms with van der Waals surface area (Å²) in [5.74, 6) is -0.471. The third-order valence-electron chi connectivity index (χ3n) is 7.49. The third-order valence-corrected chi connectivity index (χ3v) is 8.81. The number of carbonyl (C=O) groups excluding carboxylic acids is 1. The lowest BCUT2D eigenvalue weighted by Gasteiger charge is -2.36. The first-order valence-electron chi connectivity index (χ1n) is 12.3. The molecule has 5 nitrogen and oxygen atoms in total. The van der Waals surface area contributed by atoms with Crippen molar-refractivity contribution in [1.82, 2.24) is 20.1 Å². The van der Waals surface area contributed by atoms with Gasteiger partial charge in [0.1, 0.15) is 29.7 Å². The Kier molecular flexibility index (Phi) is 8.01. The van der Waals surface area contributed by atoms with Crippen molar-refractivity contribution in [3.8, 4) is 0 Å². The van der Waals surface area contributed by atoms with E-state index in [4.69, 9.17) is 46.4 Å². The van der Waals surface area contributed by atoms with Crippen LogP contribution in [0.25, 0.3) is 6.08 Å². The van der Waals surface area contributed by atoms with Crippen LogP contribution in [0.4, 0.5) is 14.9 Å². The van der Waals surface area contributed by atoms with E-state index in [1.165, 1.54) is 6.07 Å². The highest BCUT2D eigenvalue weighted by atomic mass is 35.5. The van der Waals surface area contributed by atoms with E-state index in [2.05, 4.69) is 15.6 Å². The number of nitrogens with zero attached hydrogens (tertiary/aromatic N) is 2. The first-order valence-corrected chi connectivity index (χ1v) is 13.8. The molecule has 2 amide bonds. The standard InChI is InChI=1S/C28H25Cl4FN4O/c29-20-4-3-18(14-21(20)30)2-1-13-37(27(38)36-16-19-7-10-35-24(31)15-19)17-28(8-11-34-12-9-28)25-23(37)6-5-22(33)26(25)32/h1-7,10,14-15,34H,8-9,11-13,16-17H2/p+1/b2-1+. The van der Waals surface area contributed by atoms with E-state index in [1.807, 2.05) is 18.2 Å². The third kappa shape index (κ3) is 5.18. The molecule has 198 valence electrons. The molecular formula is C28H26Cl4FN4O+. The first kappa shape index (κ1) is 27.4. The lowest BCUT2D eigenvalue weighted by Crippen LogP contribution is -2.60. The fourth-order valence-corrected chi connectivity index (χ4v) is 6.55. The van der Waals surface area contributed by atoms with Crippen LogP contribution in [0.15, 0.2) is 54.7 Å². The minimum atomic E-state index is -0.471. The molecule has 1 spiro atoms. The predicted octanol–water partition coefficient (Wildman–Crippen LogP) is 7.40. The lowest BCUT2D eigenvalue weighted by atomic mass is 9.74. The maximum absolute atomic E-state index is 14.8. The number of hydrogen-bond donors (Lipinski definition) is 2. The van der Waals surface area contributed by atoms with E-state index in [0.717, 1.165) is 48.3 Å². The van der Waals surface area contributed by atoms with Gasteiger partial charge < -0.3 is 10.6 Å². The smallest absolute Gasteiger partial charge is 0.317 e. The zero-order valence-electron chi connectivity index (χ0n) is 20.4. The average Bonchev–Trinajstić information content (AvgIpc) is 3.17. The van der Waals surface area contributed by atoms with Gasteiger partial charge in [0, 0.05) is 24.4 Å². The van der Waals surface area contributed by atoms with Gasteiger partial charge in [0.25, 0.3) is 0 Å². The molecule has 1 atom stereocenters. The molecule has 1 unspecified atom stereocenters. The number of fused-ring (bicyclic) bond motifs is 2. The van der Waals surface area contributed by atoms with Gasteiger partial charge in [-0.15, -0.1) is 0 Å². The van der Waals surface area contributed by atoms with Crippen molar-refractivity contribution in [1.29, 1.82) is 0 Å². The van der Waals surface area contributed by atoms with Crippen molar-refractivity contribution in [3.63, 3.8) is 0 Å². The number of piperidine rings is 1. The minimum Gasteiger partial charge on any atom is -0.317 e. The molecule has 2 N–H and O–H groups in total. The summed E-state index contributed by atoms with van der Waals surface area (Å²) in [4.78, 5) is 18.1. The van der Waals surface area contributed by atoms with Crippen molar-refractivity contribution in [2.24, 2.45) is 0 Å².